The summed E-state index contributed by atoms with van der Waals surface area (Å²) in [5.74, 6) is 4.99. The van der Waals surface area contributed by atoms with Gasteiger partial charge in [0.2, 0.25) is 0 Å². The summed E-state index contributed by atoms with van der Waals surface area (Å²) in [4.78, 5) is 26.0. The summed E-state index contributed by atoms with van der Waals surface area (Å²) in [5, 5.41) is 21.0. The number of hydrogen-bond donors (Lipinski definition) is 3. The molecule has 0 aliphatic rings. The third-order valence-corrected chi connectivity index (χ3v) is 4.22. The van der Waals surface area contributed by atoms with E-state index in [1.807, 2.05) is 38.4 Å². The van der Waals surface area contributed by atoms with Gasteiger partial charge in [-0.2, -0.15) is 0 Å². The fraction of sp³-hybridized carbons (Fsp3) is 0.304. The Kier molecular flexibility index (Phi) is 8.10. The zero-order valence-corrected chi connectivity index (χ0v) is 16.8. The van der Waals surface area contributed by atoms with E-state index in [0.29, 0.717) is 5.56 Å². The zero-order chi connectivity index (χ0) is 21.4. The van der Waals surface area contributed by atoms with Gasteiger partial charge in [-0.1, -0.05) is 24.0 Å². The van der Waals surface area contributed by atoms with Crippen molar-refractivity contribution >= 4 is 11.7 Å². The van der Waals surface area contributed by atoms with Crippen molar-refractivity contribution in [3.63, 3.8) is 0 Å². The minimum atomic E-state index is -1.15. The van der Waals surface area contributed by atoms with E-state index in [4.69, 9.17) is 5.11 Å². The highest BCUT2D eigenvalue weighted by Crippen LogP contribution is 2.08. The highest BCUT2D eigenvalue weighted by atomic mass is 16.3. The molecule has 1 amide bonds. The molecule has 0 saturated carbocycles. The Morgan fingerprint density at radius 1 is 1.00 bits per heavy atom. The van der Waals surface area contributed by atoms with Crippen molar-refractivity contribution in [2.24, 2.45) is 0 Å². The number of carbonyl (C=O) groups is 2. The number of nitrogens with zero attached hydrogens (tertiary/aromatic N) is 1. The SMILES string of the molecule is C[C@@H](O)[C@H](NC(=O)c1ccc(C#Cc2ccc(CN(C)C)cc2)cc1)C(=O)CO. The summed E-state index contributed by atoms with van der Waals surface area (Å²) in [6.07, 6.45) is -1.10. The average molecular weight is 394 g/mol. The first-order valence-electron chi connectivity index (χ1n) is 9.28. The molecule has 29 heavy (non-hydrogen) atoms. The van der Waals surface area contributed by atoms with Crippen LogP contribution >= 0.6 is 0 Å². The van der Waals surface area contributed by atoms with Crippen molar-refractivity contribution in [3.8, 4) is 11.8 Å². The van der Waals surface area contributed by atoms with E-state index in [2.05, 4.69) is 22.1 Å². The second-order valence-corrected chi connectivity index (χ2v) is 7.08. The smallest absolute Gasteiger partial charge is 0.251 e. The number of rotatable bonds is 7. The van der Waals surface area contributed by atoms with Gasteiger partial charge in [-0.3, -0.25) is 9.59 Å². The molecule has 152 valence electrons. The van der Waals surface area contributed by atoms with E-state index in [1.165, 1.54) is 12.5 Å². The van der Waals surface area contributed by atoms with Crippen LogP contribution in [0.1, 0.15) is 34.0 Å². The standard InChI is InChI=1S/C23H26N2O4/c1-16(27)22(21(28)15-26)24-23(29)20-12-10-18(11-13-20)5-4-17-6-8-19(9-7-17)14-25(2)3/h6-13,16,22,26-27H,14-15H2,1-3H3,(H,24,29)/t16-,22+/m1/s1. The zero-order valence-electron chi connectivity index (χ0n) is 16.8. The summed E-state index contributed by atoms with van der Waals surface area (Å²) >= 11 is 0. The molecule has 6 nitrogen and oxygen atoms in total. The van der Waals surface area contributed by atoms with Crippen molar-refractivity contribution in [1.82, 2.24) is 10.2 Å². The van der Waals surface area contributed by atoms with E-state index >= 15 is 0 Å². The number of aliphatic hydroxyl groups is 2. The number of aliphatic hydroxyl groups excluding tert-OH is 2. The van der Waals surface area contributed by atoms with Gasteiger partial charge < -0.3 is 20.4 Å². The van der Waals surface area contributed by atoms with Gasteiger partial charge in [0, 0.05) is 23.2 Å². The number of hydrogen-bond acceptors (Lipinski definition) is 5. The minimum Gasteiger partial charge on any atom is -0.391 e. The Bertz CT molecular complexity index is 891. The van der Waals surface area contributed by atoms with Crippen LogP contribution in [0.25, 0.3) is 0 Å². The van der Waals surface area contributed by atoms with Crippen molar-refractivity contribution in [2.45, 2.75) is 25.6 Å². The Hall–Kier alpha value is -2.98. The Morgan fingerprint density at radius 2 is 1.52 bits per heavy atom. The van der Waals surface area contributed by atoms with Gasteiger partial charge in [-0.05, 0) is 63.0 Å². The fourth-order valence-corrected chi connectivity index (χ4v) is 2.70. The topological polar surface area (TPSA) is 89.9 Å². The van der Waals surface area contributed by atoms with Crippen LogP contribution in [0.2, 0.25) is 0 Å². The molecule has 0 aromatic heterocycles. The maximum atomic E-state index is 12.3. The summed E-state index contributed by atoms with van der Waals surface area (Å²) in [6.45, 7) is 1.50. The number of ketones is 1. The molecule has 0 aliphatic heterocycles. The van der Waals surface area contributed by atoms with Gasteiger partial charge in [-0.25, -0.2) is 0 Å². The molecule has 0 saturated heterocycles. The molecule has 0 radical (unpaired) electrons. The molecule has 0 spiro atoms. The van der Waals surface area contributed by atoms with Crippen LogP contribution in [0.15, 0.2) is 48.5 Å². The van der Waals surface area contributed by atoms with Crippen LogP contribution in [0.5, 0.6) is 0 Å². The summed E-state index contributed by atoms with van der Waals surface area (Å²) in [6, 6.07) is 13.5. The van der Waals surface area contributed by atoms with Crippen LogP contribution in [0.4, 0.5) is 0 Å². The monoisotopic (exact) mass is 394 g/mol. The summed E-state index contributed by atoms with van der Waals surface area (Å²) in [7, 11) is 4.04. The van der Waals surface area contributed by atoms with Gasteiger partial charge in [0.15, 0.2) is 5.78 Å². The Labute approximate surface area is 171 Å². The average Bonchev–Trinajstić information content (AvgIpc) is 2.70. The Morgan fingerprint density at radius 3 is 1.97 bits per heavy atom. The molecule has 2 rings (SSSR count). The lowest BCUT2D eigenvalue weighted by molar-refractivity contribution is -0.125. The first-order chi connectivity index (χ1) is 13.8. The van der Waals surface area contributed by atoms with E-state index in [-0.39, 0.29) is 0 Å². The molecule has 0 unspecified atom stereocenters. The second kappa shape index (κ2) is 10.5. The molecule has 0 bridgehead atoms. The van der Waals surface area contributed by atoms with Gasteiger partial charge in [0.1, 0.15) is 12.6 Å². The van der Waals surface area contributed by atoms with Crippen molar-refractivity contribution in [3.05, 3.63) is 70.8 Å². The van der Waals surface area contributed by atoms with Gasteiger partial charge in [0.05, 0.1) is 6.10 Å². The van der Waals surface area contributed by atoms with Crippen LogP contribution < -0.4 is 5.32 Å². The lowest BCUT2D eigenvalue weighted by Crippen LogP contribution is -2.48. The number of amides is 1. The van der Waals surface area contributed by atoms with Crippen molar-refractivity contribution < 1.29 is 19.8 Å². The molecule has 6 heteroatoms. The number of benzene rings is 2. The van der Waals surface area contributed by atoms with Crippen LogP contribution in [-0.2, 0) is 11.3 Å². The number of Topliss-reactive ketones (excluding diaryl/α,β-unsaturated/α-hetero) is 1. The van der Waals surface area contributed by atoms with E-state index in [1.54, 1.807) is 24.3 Å². The summed E-state index contributed by atoms with van der Waals surface area (Å²) < 4.78 is 0. The molecule has 3 N–H and O–H groups in total. The normalized spacial score (nSPS) is 12.6. The number of carbonyl (C=O) groups excluding carboxylic acids is 2. The molecular formula is C23H26N2O4. The van der Waals surface area contributed by atoms with E-state index in [0.717, 1.165) is 17.7 Å². The molecule has 2 atom stereocenters. The quantitative estimate of drug-likeness (QED) is 0.614. The molecule has 0 fully saturated rings. The first kappa shape index (κ1) is 22.3. The van der Waals surface area contributed by atoms with Crippen molar-refractivity contribution in [1.29, 1.82) is 0 Å². The summed E-state index contributed by atoms with van der Waals surface area (Å²) in [5.41, 5.74) is 3.19. The van der Waals surface area contributed by atoms with Gasteiger partial charge in [0.25, 0.3) is 5.91 Å². The molecule has 2 aromatic rings. The third-order valence-electron chi connectivity index (χ3n) is 4.22. The third kappa shape index (κ3) is 6.84. The highest BCUT2D eigenvalue weighted by molar-refractivity contribution is 5.98. The number of nitrogens with one attached hydrogen (secondary N) is 1. The maximum absolute atomic E-state index is 12.3. The lowest BCUT2D eigenvalue weighted by atomic mass is 10.1. The van der Waals surface area contributed by atoms with Crippen molar-refractivity contribution in [2.75, 3.05) is 20.7 Å². The molecule has 0 aliphatic carbocycles. The molecule has 0 heterocycles. The predicted octanol–water partition coefficient (Wildman–Crippen LogP) is 1.19. The van der Waals surface area contributed by atoms with Crippen LogP contribution in [-0.4, -0.2) is 59.7 Å². The van der Waals surface area contributed by atoms with Gasteiger partial charge in [-0.15, -0.1) is 0 Å². The second-order valence-electron chi connectivity index (χ2n) is 7.08. The predicted molar refractivity (Wildman–Crippen MR) is 111 cm³/mol. The van der Waals surface area contributed by atoms with E-state index in [9.17, 15) is 14.7 Å². The lowest BCUT2D eigenvalue weighted by Gasteiger charge is -2.19. The molecule has 2 aromatic carbocycles. The van der Waals surface area contributed by atoms with Crippen LogP contribution in [0.3, 0.4) is 0 Å². The fourth-order valence-electron chi connectivity index (χ4n) is 2.70. The molecular weight excluding hydrogens is 368 g/mol. The maximum Gasteiger partial charge on any atom is 0.251 e. The largest absolute Gasteiger partial charge is 0.391 e. The van der Waals surface area contributed by atoms with E-state index < -0.39 is 30.4 Å². The highest BCUT2D eigenvalue weighted by Gasteiger charge is 2.25. The minimum absolute atomic E-state index is 0.333. The Balaban J connectivity index is 2.04. The first-order valence-corrected chi connectivity index (χ1v) is 9.28. The van der Waals surface area contributed by atoms with Gasteiger partial charge >= 0.3 is 0 Å². The van der Waals surface area contributed by atoms with Crippen LogP contribution in [0, 0.1) is 11.8 Å².